The minimum Gasteiger partial charge on any atom is -0.449 e. The second-order valence-electron chi connectivity index (χ2n) is 7.45. The summed E-state index contributed by atoms with van der Waals surface area (Å²) >= 11 is 0. The lowest BCUT2D eigenvalue weighted by molar-refractivity contribution is -0.384. The first kappa shape index (κ1) is 21.3. The third-order valence-corrected chi connectivity index (χ3v) is 4.92. The number of rotatable bonds is 7. The molecule has 1 amide bonds. The van der Waals surface area contributed by atoms with Crippen LogP contribution in [0.5, 0.6) is 0 Å². The Bertz CT molecular complexity index is 949. The first-order valence-corrected chi connectivity index (χ1v) is 9.86. The number of carbonyl (C=O) groups excluding carboxylic acids is 2. The number of nitrogens with one attached hydrogen (secondary N) is 1. The zero-order valence-electron chi connectivity index (χ0n) is 17.2. The van der Waals surface area contributed by atoms with Crippen molar-refractivity contribution in [2.75, 3.05) is 23.3 Å². The fourth-order valence-electron chi connectivity index (χ4n) is 3.36. The fraction of sp³-hybridized carbons (Fsp3) is 0.450. The minimum absolute atomic E-state index is 0.0246. The van der Waals surface area contributed by atoms with Gasteiger partial charge in [-0.25, -0.2) is 9.48 Å². The molecule has 0 bridgehead atoms. The van der Waals surface area contributed by atoms with E-state index in [1.54, 1.807) is 23.0 Å². The van der Waals surface area contributed by atoms with Crippen molar-refractivity contribution in [3.8, 4) is 0 Å². The number of hydrogen-bond donors (Lipinski definition) is 1. The van der Waals surface area contributed by atoms with Gasteiger partial charge in [0.1, 0.15) is 11.5 Å². The number of carbonyl (C=O) groups is 2. The fourth-order valence-corrected chi connectivity index (χ4v) is 3.36. The van der Waals surface area contributed by atoms with Gasteiger partial charge in [0.05, 0.1) is 16.7 Å². The summed E-state index contributed by atoms with van der Waals surface area (Å²) in [5, 5.41) is 18.3. The summed E-state index contributed by atoms with van der Waals surface area (Å²) < 4.78 is 6.86. The van der Waals surface area contributed by atoms with E-state index in [2.05, 4.69) is 10.4 Å². The Labute approximate surface area is 174 Å². The first-order valence-electron chi connectivity index (χ1n) is 9.86. The molecule has 2 aromatic rings. The number of nitro groups is 1. The zero-order chi connectivity index (χ0) is 21.8. The van der Waals surface area contributed by atoms with Gasteiger partial charge in [0.2, 0.25) is 0 Å². The average molecular weight is 415 g/mol. The minimum atomic E-state index is -1.09. The number of esters is 1. The van der Waals surface area contributed by atoms with Crippen molar-refractivity contribution in [3.05, 3.63) is 46.1 Å². The van der Waals surface area contributed by atoms with Crippen LogP contribution in [0.2, 0.25) is 0 Å². The Balaban J connectivity index is 1.70. The topological polar surface area (TPSA) is 120 Å². The van der Waals surface area contributed by atoms with Crippen molar-refractivity contribution in [3.63, 3.8) is 0 Å². The third-order valence-electron chi connectivity index (χ3n) is 4.92. The molecule has 3 rings (SSSR count). The van der Waals surface area contributed by atoms with Crippen LogP contribution >= 0.6 is 0 Å². The van der Waals surface area contributed by atoms with Gasteiger partial charge in [0, 0.05) is 31.3 Å². The highest BCUT2D eigenvalue weighted by molar-refractivity contribution is 5.97. The number of anilines is 2. The molecule has 1 fully saturated rings. The first-order chi connectivity index (χ1) is 14.3. The van der Waals surface area contributed by atoms with E-state index in [1.165, 1.54) is 19.1 Å². The molecular formula is C20H25N5O5. The molecule has 10 nitrogen and oxygen atoms in total. The van der Waals surface area contributed by atoms with Crippen molar-refractivity contribution in [1.82, 2.24) is 9.78 Å². The highest BCUT2D eigenvalue weighted by atomic mass is 16.6. The van der Waals surface area contributed by atoms with Crippen LogP contribution in [0.15, 0.2) is 30.5 Å². The molecule has 0 aliphatic carbocycles. The van der Waals surface area contributed by atoms with Crippen LogP contribution in [0.3, 0.4) is 0 Å². The Hall–Kier alpha value is -3.43. The van der Waals surface area contributed by atoms with Crippen molar-refractivity contribution in [2.24, 2.45) is 0 Å². The Morgan fingerprint density at radius 1 is 1.20 bits per heavy atom. The van der Waals surface area contributed by atoms with Gasteiger partial charge < -0.3 is 15.0 Å². The van der Waals surface area contributed by atoms with Crippen LogP contribution in [0.1, 0.15) is 50.0 Å². The van der Waals surface area contributed by atoms with Gasteiger partial charge in [0.25, 0.3) is 11.6 Å². The van der Waals surface area contributed by atoms with Crippen molar-refractivity contribution < 1.29 is 19.2 Å². The van der Waals surface area contributed by atoms with E-state index < -0.39 is 22.9 Å². The number of nitro benzene ring substituents is 1. The van der Waals surface area contributed by atoms with Crippen LogP contribution in [0.25, 0.3) is 0 Å². The van der Waals surface area contributed by atoms with Crippen LogP contribution in [0.4, 0.5) is 17.2 Å². The summed E-state index contributed by atoms with van der Waals surface area (Å²) in [6.45, 7) is 6.77. The number of hydrogen-bond acceptors (Lipinski definition) is 7. The molecule has 0 spiro atoms. The van der Waals surface area contributed by atoms with Gasteiger partial charge in [-0.1, -0.05) is 0 Å². The predicted octanol–water partition coefficient (Wildman–Crippen LogP) is 3.16. The second-order valence-corrected chi connectivity index (χ2v) is 7.45. The van der Waals surface area contributed by atoms with Crippen molar-refractivity contribution in [2.45, 2.75) is 45.8 Å². The summed E-state index contributed by atoms with van der Waals surface area (Å²) in [4.78, 5) is 37.8. The van der Waals surface area contributed by atoms with Crippen molar-refractivity contribution >= 4 is 29.1 Å². The van der Waals surface area contributed by atoms with E-state index in [4.69, 9.17) is 4.74 Å². The molecule has 1 atom stereocenters. The van der Waals surface area contributed by atoms with Crippen LogP contribution in [-0.4, -0.2) is 45.8 Å². The molecule has 30 heavy (non-hydrogen) atoms. The molecule has 1 aliphatic heterocycles. The van der Waals surface area contributed by atoms with Gasteiger partial charge in [-0.15, -0.1) is 0 Å². The van der Waals surface area contributed by atoms with E-state index in [-0.39, 0.29) is 17.3 Å². The lowest BCUT2D eigenvalue weighted by Crippen LogP contribution is -2.31. The lowest BCUT2D eigenvalue weighted by Gasteiger charge is -2.18. The average Bonchev–Trinajstić information content (AvgIpc) is 3.39. The van der Waals surface area contributed by atoms with Gasteiger partial charge in [-0.3, -0.25) is 14.9 Å². The number of nitrogens with zero attached hydrogens (tertiary/aromatic N) is 4. The maximum Gasteiger partial charge on any atom is 0.339 e. The summed E-state index contributed by atoms with van der Waals surface area (Å²) in [7, 11) is 0. The van der Waals surface area contributed by atoms with Gasteiger partial charge >= 0.3 is 5.97 Å². The molecule has 0 saturated carbocycles. The van der Waals surface area contributed by atoms with Gasteiger partial charge in [0.15, 0.2) is 6.10 Å². The molecule has 160 valence electrons. The third kappa shape index (κ3) is 4.58. The van der Waals surface area contributed by atoms with E-state index in [0.29, 0.717) is 11.5 Å². The maximum atomic E-state index is 12.5. The highest BCUT2D eigenvalue weighted by Crippen LogP contribution is 2.32. The SMILES string of the molecule is CC(C)n1nccc1NC(=O)[C@@H](C)OC(=O)c1ccc(N2CCCC2)c([N+](=O)[O-])c1. The molecule has 10 heteroatoms. The number of ether oxygens (including phenoxy) is 1. The van der Waals surface area contributed by atoms with Crippen LogP contribution in [-0.2, 0) is 9.53 Å². The second kappa shape index (κ2) is 8.93. The summed E-state index contributed by atoms with van der Waals surface area (Å²) in [5.74, 6) is -0.830. The van der Waals surface area contributed by atoms with E-state index in [1.807, 2.05) is 18.7 Å². The van der Waals surface area contributed by atoms with Crippen molar-refractivity contribution in [1.29, 1.82) is 0 Å². The summed E-state index contributed by atoms with van der Waals surface area (Å²) in [5.41, 5.74) is 0.364. The predicted molar refractivity (Wildman–Crippen MR) is 111 cm³/mol. The maximum absolute atomic E-state index is 12.5. The Kier molecular flexibility index (Phi) is 6.34. The molecule has 1 saturated heterocycles. The summed E-state index contributed by atoms with van der Waals surface area (Å²) in [6, 6.07) is 5.94. The molecule has 1 aromatic heterocycles. The smallest absolute Gasteiger partial charge is 0.339 e. The van der Waals surface area contributed by atoms with Gasteiger partial charge in [-0.2, -0.15) is 5.10 Å². The number of aromatic nitrogens is 2. The molecule has 1 aromatic carbocycles. The Morgan fingerprint density at radius 3 is 2.53 bits per heavy atom. The molecule has 1 N–H and O–H groups in total. The number of benzene rings is 1. The van der Waals surface area contributed by atoms with Gasteiger partial charge in [-0.05, 0) is 45.7 Å². The normalized spacial score (nSPS) is 14.6. The Morgan fingerprint density at radius 2 is 1.90 bits per heavy atom. The largest absolute Gasteiger partial charge is 0.449 e. The monoisotopic (exact) mass is 415 g/mol. The van der Waals surface area contributed by atoms with Crippen LogP contribution < -0.4 is 10.2 Å². The van der Waals surface area contributed by atoms with Crippen LogP contribution in [0, 0.1) is 10.1 Å². The van der Waals surface area contributed by atoms with E-state index >= 15 is 0 Å². The highest BCUT2D eigenvalue weighted by Gasteiger charge is 2.26. The number of amides is 1. The van der Waals surface area contributed by atoms with E-state index in [0.717, 1.165) is 25.9 Å². The molecule has 1 aliphatic rings. The molecule has 0 radical (unpaired) electrons. The van der Waals surface area contributed by atoms with E-state index in [9.17, 15) is 19.7 Å². The molecule has 0 unspecified atom stereocenters. The molecule has 2 heterocycles. The standard InChI is InChI=1S/C20H25N5O5/c1-13(2)24-18(8-9-21-24)22-19(26)14(3)30-20(27)15-6-7-16(17(12-15)25(28)29)23-10-4-5-11-23/h6-9,12-14H,4-5,10-11H2,1-3H3,(H,22,26)/t14-/m1/s1. The lowest BCUT2D eigenvalue weighted by atomic mass is 10.1. The summed E-state index contributed by atoms with van der Waals surface area (Å²) in [6.07, 6.45) is 2.42. The molecular weight excluding hydrogens is 390 g/mol. The quantitative estimate of drug-likeness (QED) is 0.419. The zero-order valence-corrected chi connectivity index (χ0v) is 17.2.